The molecule has 2 N–H and O–H groups in total. The number of aromatic hydroxyl groups is 1. The van der Waals surface area contributed by atoms with Crippen molar-refractivity contribution in [3.8, 4) is 5.75 Å². The van der Waals surface area contributed by atoms with Crippen LogP contribution in [0.1, 0.15) is 24.4 Å². The normalized spacial score (nSPS) is 22.1. The molecular weight excluding hydrogens is 230 g/mol. The van der Waals surface area contributed by atoms with Crippen LogP contribution >= 0.6 is 15.9 Å². The fraction of sp³-hybridized carbons (Fsp3) is 0.400. The van der Waals surface area contributed by atoms with Gasteiger partial charge in [-0.05, 0) is 37.1 Å². The van der Waals surface area contributed by atoms with Crippen LogP contribution in [0.15, 0.2) is 22.7 Å². The van der Waals surface area contributed by atoms with Gasteiger partial charge in [0.1, 0.15) is 5.75 Å². The molecule has 1 aliphatic rings. The summed E-state index contributed by atoms with van der Waals surface area (Å²) in [7, 11) is 0. The van der Waals surface area contributed by atoms with Crippen molar-refractivity contribution in [1.29, 1.82) is 0 Å². The molecule has 1 aliphatic heterocycles. The van der Waals surface area contributed by atoms with E-state index in [9.17, 15) is 5.11 Å². The zero-order valence-electron chi connectivity index (χ0n) is 7.26. The van der Waals surface area contributed by atoms with E-state index in [0.717, 1.165) is 11.0 Å². The lowest BCUT2D eigenvalue weighted by Gasteiger charge is -2.12. The first kappa shape index (κ1) is 9.03. The molecule has 2 nitrogen and oxygen atoms in total. The summed E-state index contributed by atoms with van der Waals surface area (Å²) in [5.74, 6) is 0.314. The van der Waals surface area contributed by atoms with Gasteiger partial charge in [-0.25, -0.2) is 0 Å². The number of phenols is 1. The highest BCUT2D eigenvalue weighted by Gasteiger charge is 2.18. The minimum Gasteiger partial charge on any atom is -0.508 e. The van der Waals surface area contributed by atoms with Gasteiger partial charge in [-0.2, -0.15) is 0 Å². The lowest BCUT2D eigenvalue weighted by molar-refractivity contribution is 0.474. The summed E-state index contributed by atoms with van der Waals surface area (Å²) in [6, 6.07) is 5.91. The molecule has 1 aromatic carbocycles. The molecule has 0 aromatic heterocycles. The maximum absolute atomic E-state index is 9.23. The summed E-state index contributed by atoms with van der Waals surface area (Å²) in [6.07, 6.45) is 2.42. The summed E-state index contributed by atoms with van der Waals surface area (Å²) >= 11 is 3.46. The molecule has 1 aromatic rings. The van der Waals surface area contributed by atoms with E-state index in [4.69, 9.17) is 0 Å². The topological polar surface area (TPSA) is 32.3 Å². The Kier molecular flexibility index (Phi) is 2.56. The summed E-state index contributed by atoms with van der Waals surface area (Å²) in [5, 5.41) is 12.7. The number of hydrogen-bond donors (Lipinski definition) is 2. The molecule has 1 unspecified atom stereocenters. The number of phenolic OH excluding ortho intramolecular Hbond substituents is 1. The Hall–Kier alpha value is -0.540. The molecule has 1 heterocycles. The fourth-order valence-electron chi connectivity index (χ4n) is 1.75. The molecule has 0 radical (unpaired) electrons. The highest BCUT2D eigenvalue weighted by Crippen LogP contribution is 2.31. The molecule has 13 heavy (non-hydrogen) atoms. The summed E-state index contributed by atoms with van der Waals surface area (Å²) in [4.78, 5) is 0. The molecule has 1 atom stereocenters. The Labute approximate surface area is 86.1 Å². The first-order valence-corrected chi connectivity index (χ1v) is 5.28. The monoisotopic (exact) mass is 241 g/mol. The van der Waals surface area contributed by atoms with Gasteiger partial charge in [0.25, 0.3) is 0 Å². The van der Waals surface area contributed by atoms with E-state index in [1.165, 1.54) is 18.4 Å². The lowest BCUT2D eigenvalue weighted by atomic mass is 10.1. The molecular formula is C10H12BrNO. The van der Waals surface area contributed by atoms with Crippen molar-refractivity contribution in [3.05, 3.63) is 28.2 Å². The van der Waals surface area contributed by atoms with E-state index in [-0.39, 0.29) is 0 Å². The Morgan fingerprint density at radius 3 is 2.92 bits per heavy atom. The quantitative estimate of drug-likeness (QED) is 0.793. The average molecular weight is 242 g/mol. The van der Waals surface area contributed by atoms with Crippen LogP contribution in [0.25, 0.3) is 0 Å². The second-order valence-electron chi connectivity index (χ2n) is 3.35. The van der Waals surface area contributed by atoms with Crippen LogP contribution in [0.3, 0.4) is 0 Å². The third kappa shape index (κ3) is 1.86. The van der Waals surface area contributed by atoms with Crippen molar-refractivity contribution in [2.24, 2.45) is 0 Å². The highest BCUT2D eigenvalue weighted by molar-refractivity contribution is 9.10. The molecule has 0 saturated carbocycles. The van der Waals surface area contributed by atoms with Gasteiger partial charge in [-0.3, -0.25) is 0 Å². The molecule has 0 bridgehead atoms. The minimum atomic E-state index is 0.314. The van der Waals surface area contributed by atoms with Crippen LogP contribution in [0.2, 0.25) is 0 Å². The largest absolute Gasteiger partial charge is 0.508 e. The van der Waals surface area contributed by atoms with Gasteiger partial charge in [-0.15, -0.1) is 0 Å². The molecule has 1 saturated heterocycles. The number of rotatable bonds is 1. The number of benzene rings is 1. The molecule has 0 amide bonds. The molecule has 2 rings (SSSR count). The van der Waals surface area contributed by atoms with Crippen LogP contribution in [-0.2, 0) is 0 Å². The Bertz CT molecular complexity index is 308. The maximum Gasteiger partial charge on any atom is 0.116 e. The van der Waals surface area contributed by atoms with Crippen LogP contribution in [0.4, 0.5) is 0 Å². The van der Waals surface area contributed by atoms with Gasteiger partial charge in [0, 0.05) is 10.5 Å². The summed E-state index contributed by atoms with van der Waals surface area (Å²) in [6.45, 7) is 1.10. The zero-order valence-corrected chi connectivity index (χ0v) is 8.84. The van der Waals surface area contributed by atoms with Gasteiger partial charge < -0.3 is 10.4 Å². The van der Waals surface area contributed by atoms with Crippen LogP contribution in [0.5, 0.6) is 5.75 Å². The van der Waals surface area contributed by atoms with Crippen molar-refractivity contribution in [3.63, 3.8) is 0 Å². The van der Waals surface area contributed by atoms with Crippen molar-refractivity contribution >= 4 is 15.9 Å². The van der Waals surface area contributed by atoms with Gasteiger partial charge in [0.15, 0.2) is 0 Å². The van der Waals surface area contributed by atoms with Crippen molar-refractivity contribution < 1.29 is 5.11 Å². The van der Waals surface area contributed by atoms with Gasteiger partial charge in [-0.1, -0.05) is 22.0 Å². The summed E-state index contributed by atoms with van der Waals surface area (Å²) in [5.41, 5.74) is 1.25. The van der Waals surface area contributed by atoms with E-state index >= 15 is 0 Å². The van der Waals surface area contributed by atoms with Crippen molar-refractivity contribution in [2.45, 2.75) is 18.9 Å². The first-order chi connectivity index (χ1) is 6.27. The maximum atomic E-state index is 9.23. The molecule has 0 aliphatic carbocycles. The van der Waals surface area contributed by atoms with Crippen molar-refractivity contribution in [2.75, 3.05) is 6.54 Å². The number of halogens is 1. The standard InChI is InChI=1S/C10H12BrNO/c11-9-6-7(13)3-4-8(9)10-2-1-5-12-10/h3-4,6,10,12-13H,1-2,5H2. The second kappa shape index (κ2) is 3.68. The SMILES string of the molecule is Oc1ccc(C2CCCN2)c(Br)c1. The number of nitrogens with one attached hydrogen (secondary N) is 1. The number of hydrogen-bond acceptors (Lipinski definition) is 2. The van der Waals surface area contributed by atoms with Gasteiger partial charge in [0.05, 0.1) is 0 Å². The first-order valence-electron chi connectivity index (χ1n) is 4.49. The highest BCUT2D eigenvalue weighted by atomic mass is 79.9. The molecule has 1 fully saturated rings. The van der Waals surface area contributed by atoms with Crippen LogP contribution < -0.4 is 5.32 Å². The smallest absolute Gasteiger partial charge is 0.116 e. The minimum absolute atomic E-state index is 0.314. The lowest BCUT2D eigenvalue weighted by Crippen LogP contribution is -2.13. The average Bonchev–Trinajstić information content (AvgIpc) is 2.56. The van der Waals surface area contributed by atoms with E-state index < -0.39 is 0 Å². The fourth-order valence-corrected chi connectivity index (χ4v) is 2.39. The Balaban J connectivity index is 2.29. The van der Waals surface area contributed by atoms with Gasteiger partial charge in [0.2, 0.25) is 0 Å². The third-order valence-corrected chi connectivity index (χ3v) is 3.11. The van der Waals surface area contributed by atoms with Gasteiger partial charge >= 0.3 is 0 Å². The van der Waals surface area contributed by atoms with E-state index in [1.54, 1.807) is 12.1 Å². The molecule has 3 heteroatoms. The van der Waals surface area contributed by atoms with Crippen molar-refractivity contribution in [1.82, 2.24) is 5.32 Å². The van der Waals surface area contributed by atoms with E-state index in [0.29, 0.717) is 11.8 Å². The zero-order chi connectivity index (χ0) is 9.26. The van der Waals surface area contributed by atoms with Crippen LogP contribution in [0, 0.1) is 0 Å². The summed E-state index contributed by atoms with van der Waals surface area (Å²) < 4.78 is 0.993. The second-order valence-corrected chi connectivity index (χ2v) is 4.21. The van der Waals surface area contributed by atoms with E-state index in [1.807, 2.05) is 6.07 Å². The van der Waals surface area contributed by atoms with Crippen LogP contribution in [-0.4, -0.2) is 11.7 Å². The molecule has 0 spiro atoms. The van der Waals surface area contributed by atoms with E-state index in [2.05, 4.69) is 21.2 Å². The Morgan fingerprint density at radius 2 is 2.31 bits per heavy atom. The predicted molar refractivity (Wildman–Crippen MR) is 55.8 cm³/mol. The molecule has 70 valence electrons. The Morgan fingerprint density at radius 1 is 1.46 bits per heavy atom. The predicted octanol–water partition coefficient (Wildman–Crippen LogP) is 2.58. The third-order valence-electron chi connectivity index (χ3n) is 2.42.